The first-order chi connectivity index (χ1) is 9.74. The van der Waals surface area contributed by atoms with Crippen LogP contribution in [0.4, 0.5) is 0 Å². The van der Waals surface area contributed by atoms with Gasteiger partial charge in [0.1, 0.15) is 0 Å². The minimum absolute atomic E-state index is 0.264. The second kappa shape index (κ2) is 4.78. The first-order valence-corrected chi connectivity index (χ1v) is 6.38. The maximum Gasteiger partial charge on any atom is 0.262 e. The molecule has 2 aromatic carbocycles. The number of rotatable bonds is 3. The number of hydrogen-bond donors (Lipinski definition) is 0. The van der Waals surface area contributed by atoms with Gasteiger partial charge in [-0.3, -0.25) is 14.5 Å². The number of nitrogens with zero attached hydrogens (tertiary/aromatic N) is 1. The van der Waals surface area contributed by atoms with Gasteiger partial charge in [0.05, 0.1) is 17.2 Å². The smallest absolute Gasteiger partial charge is 0.262 e. The van der Waals surface area contributed by atoms with Gasteiger partial charge < -0.3 is 0 Å². The molecule has 0 saturated carbocycles. The van der Waals surface area contributed by atoms with Crippen molar-refractivity contribution in [3.8, 4) is 0 Å². The Balaban J connectivity index is 2.06. The Labute approximate surface area is 117 Å². The lowest BCUT2D eigenvalue weighted by Gasteiger charge is -2.23. The lowest BCUT2D eigenvalue weighted by molar-refractivity contribution is 0.0614. The largest absolute Gasteiger partial charge is 0.269 e. The van der Waals surface area contributed by atoms with Crippen LogP contribution in [0.3, 0.4) is 0 Å². The van der Waals surface area contributed by atoms with E-state index in [0.29, 0.717) is 11.1 Å². The number of fused-ring (bicyclic) bond motifs is 1. The van der Waals surface area contributed by atoms with E-state index in [1.807, 2.05) is 30.3 Å². The molecular weight excluding hydrogens is 250 g/mol. The molecule has 0 radical (unpaired) electrons. The molecule has 0 N–H and O–H groups in total. The lowest BCUT2D eigenvalue weighted by atomic mass is 10.1. The maximum atomic E-state index is 12.4. The third kappa shape index (κ3) is 1.75. The average molecular weight is 263 g/mol. The van der Waals surface area contributed by atoms with Gasteiger partial charge in [-0.2, -0.15) is 0 Å². The molecule has 1 aliphatic rings. The van der Waals surface area contributed by atoms with Gasteiger partial charge in [0.2, 0.25) is 0 Å². The van der Waals surface area contributed by atoms with Gasteiger partial charge in [-0.25, -0.2) is 0 Å². The number of amides is 2. The minimum atomic E-state index is -0.441. The van der Waals surface area contributed by atoms with E-state index in [4.69, 9.17) is 0 Å². The quantitative estimate of drug-likeness (QED) is 0.630. The molecule has 1 aliphatic heterocycles. The van der Waals surface area contributed by atoms with E-state index >= 15 is 0 Å². The second-order valence-electron chi connectivity index (χ2n) is 4.62. The molecule has 2 amide bonds. The summed E-state index contributed by atoms with van der Waals surface area (Å²) in [6.45, 7) is 3.77. The Morgan fingerprint density at radius 3 is 1.85 bits per heavy atom. The Morgan fingerprint density at radius 1 is 0.850 bits per heavy atom. The Kier molecular flexibility index (Phi) is 2.95. The van der Waals surface area contributed by atoms with Crippen molar-refractivity contribution in [1.29, 1.82) is 0 Å². The molecule has 0 unspecified atom stereocenters. The summed E-state index contributed by atoms with van der Waals surface area (Å²) in [4.78, 5) is 26.1. The Hall–Kier alpha value is -2.68. The second-order valence-corrected chi connectivity index (χ2v) is 4.62. The minimum Gasteiger partial charge on any atom is -0.269 e. The van der Waals surface area contributed by atoms with Crippen molar-refractivity contribution in [3.63, 3.8) is 0 Å². The van der Waals surface area contributed by atoms with Crippen LogP contribution in [-0.2, 0) is 0 Å². The van der Waals surface area contributed by atoms with Gasteiger partial charge in [-0.1, -0.05) is 48.5 Å². The summed E-state index contributed by atoms with van der Waals surface area (Å²) >= 11 is 0. The van der Waals surface area contributed by atoms with Gasteiger partial charge in [-0.05, 0) is 17.7 Å². The number of benzene rings is 2. The van der Waals surface area contributed by atoms with Crippen molar-refractivity contribution in [1.82, 2.24) is 4.90 Å². The van der Waals surface area contributed by atoms with E-state index < -0.39 is 6.04 Å². The Bertz CT molecular complexity index is 656. The third-order valence-corrected chi connectivity index (χ3v) is 3.47. The average Bonchev–Trinajstić information content (AvgIpc) is 2.75. The maximum absolute atomic E-state index is 12.4. The fourth-order valence-corrected chi connectivity index (χ4v) is 2.50. The van der Waals surface area contributed by atoms with Crippen molar-refractivity contribution < 1.29 is 9.59 Å². The summed E-state index contributed by atoms with van der Waals surface area (Å²) in [5, 5.41) is 0. The van der Waals surface area contributed by atoms with Crippen molar-refractivity contribution in [2.45, 2.75) is 6.04 Å². The lowest BCUT2D eigenvalue weighted by Crippen LogP contribution is -2.33. The summed E-state index contributed by atoms with van der Waals surface area (Å²) in [6, 6.07) is 15.9. The molecule has 0 fully saturated rings. The highest BCUT2D eigenvalue weighted by molar-refractivity contribution is 6.21. The fraction of sp³-hybridized carbons (Fsp3) is 0.0588. The van der Waals surface area contributed by atoms with Crippen LogP contribution in [0.1, 0.15) is 32.3 Å². The first kappa shape index (κ1) is 12.4. The number of hydrogen-bond acceptors (Lipinski definition) is 2. The summed E-state index contributed by atoms with van der Waals surface area (Å²) < 4.78 is 0. The zero-order valence-corrected chi connectivity index (χ0v) is 10.8. The van der Waals surface area contributed by atoms with E-state index in [2.05, 4.69) is 6.58 Å². The molecule has 3 rings (SSSR count). The van der Waals surface area contributed by atoms with Gasteiger partial charge in [0.25, 0.3) is 11.8 Å². The van der Waals surface area contributed by atoms with Crippen molar-refractivity contribution in [2.24, 2.45) is 0 Å². The zero-order chi connectivity index (χ0) is 14.1. The first-order valence-electron chi connectivity index (χ1n) is 6.38. The highest BCUT2D eigenvalue weighted by Crippen LogP contribution is 2.31. The van der Waals surface area contributed by atoms with Crippen LogP contribution in [0.15, 0.2) is 67.3 Å². The van der Waals surface area contributed by atoms with Crippen LogP contribution < -0.4 is 0 Å². The molecule has 1 atom stereocenters. The highest BCUT2D eigenvalue weighted by Gasteiger charge is 2.39. The third-order valence-electron chi connectivity index (χ3n) is 3.47. The monoisotopic (exact) mass is 263 g/mol. The molecule has 0 aliphatic carbocycles. The summed E-state index contributed by atoms with van der Waals surface area (Å²) in [5.74, 6) is -0.529. The van der Waals surface area contributed by atoms with Gasteiger partial charge in [0, 0.05) is 0 Å². The van der Waals surface area contributed by atoms with Gasteiger partial charge in [0.15, 0.2) is 0 Å². The van der Waals surface area contributed by atoms with E-state index in [0.717, 1.165) is 5.56 Å². The Morgan fingerprint density at radius 2 is 1.35 bits per heavy atom. The van der Waals surface area contributed by atoms with E-state index in [1.54, 1.807) is 30.3 Å². The predicted octanol–water partition coefficient (Wildman–Crippen LogP) is 3.21. The molecule has 1 heterocycles. The summed E-state index contributed by atoms with van der Waals surface area (Å²) in [6.07, 6.45) is 1.62. The number of carbonyl (C=O) groups is 2. The van der Waals surface area contributed by atoms with Gasteiger partial charge >= 0.3 is 0 Å². The molecule has 2 aromatic rings. The molecule has 0 bridgehead atoms. The highest BCUT2D eigenvalue weighted by atomic mass is 16.2. The summed E-state index contributed by atoms with van der Waals surface area (Å²) in [5.41, 5.74) is 1.79. The van der Waals surface area contributed by atoms with Crippen LogP contribution in [0.25, 0.3) is 0 Å². The topological polar surface area (TPSA) is 37.4 Å². The molecular formula is C17H13NO2. The molecule has 98 valence electrons. The predicted molar refractivity (Wildman–Crippen MR) is 76.3 cm³/mol. The van der Waals surface area contributed by atoms with Crippen molar-refractivity contribution in [2.75, 3.05) is 0 Å². The van der Waals surface area contributed by atoms with Crippen LogP contribution >= 0.6 is 0 Å². The molecule has 0 spiro atoms. The number of imide groups is 1. The van der Waals surface area contributed by atoms with Crippen LogP contribution in [0.5, 0.6) is 0 Å². The van der Waals surface area contributed by atoms with Crippen molar-refractivity contribution in [3.05, 3.63) is 83.9 Å². The molecule has 20 heavy (non-hydrogen) atoms. The van der Waals surface area contributed by atoms with Crippen LogP contribution in [-0.4, -0.2) is 16.7 Å². The molecule has 0 saturated heterocycles. The molecule has 0 aromatic heterocycles. The van der Waals surface area contributed by atoms with Crippen molar-refractivity contribution >= 4 is 11.8 Å². The SMILES string of the molecule is C=C[C@@H](c1ccccc1)N1C(=O)c2ccccc2C1=O. The van der Waals surface area contributed by atoms with E-state index in [1.165, 1.54) is 4.90 Å². The normalized spacial score (nSPS) is 15.1. The number of carbonyl (C=O) groups excluding carboxylic acids is 2. The molecule has 3 nitrogen and oxygen atoms in total. The zero-order valence-electron chi connectivity index (χ0n) is 10.8. The van der Waals surface area contributed by atoms with Gasteiger partial charge in [-0.15, -0.1) is 6.58 Å². The van der Waals surface area contributed by atoms with E-state index in [9.17, 15) is 9.59 Å². The standard InChI is InChI=1S/C17H13NO2/c1-2-15(12-8-4-3-5-9-12)18-16(19)13-10-6-7-11-14(13)17(18)20/h2-11,15H,1H2/t15-/m0/s1. The van der Waals surface area contributed by atoms with Crippen LogP contribution in [0.2, 0.25) is 0 Å². The summed E-state index contributed by atoms with van der Waals surface area (Å²) in [7, 11) is 0. The molecule has 3 heteroatoms. The fourth-order valence-electron chi connectivity index (χ4n) is 2.50. The van der Waals surface area contributed by atoms with E-state index in [-0.39, 0.29) is 11.8 Å². The van der Waals surface area contributed by atoms with Crippen LogP contribution in [0, 0.1) is 0 Å².